The smallest absolute Gasteiger partial charge is 0.259 e. The number of ether oxygens (including phenoxy) is 1. The standard InChI is InChI=1S/C29H37FN4O8S/c1-5-16-14-29(16,27(38)33-43(39,40)19-7-8-19)31-25(36)22-13-18(15-34(22)26(37)24(35)28(2,3)4)42-32-21-10-11-41-23-9-6-17(30)12-20(21)23/h5-6,9,12,16,18-19,22,24,35H,1,7-8,10-11,13-15H2,2-4H3,(H,31,36)(H,33,38)/b32-21+/t16-,18?,22?,24-,29+/m1/s1. The number of sulfonamides is 1. The third-order valence-corrected chi connectivity index (χ3v) is 10.1. The number of nitrogens with zero attached hydrogens (tertiary/aromatic N) is 2. The van der Waals surface area contributed by atoms with Gasteiger partial charge in [0, 0.05) is 24.3 Å². The second kappa shape index (κ2) is 11.2. The van der Waals surface area contributed by atoms with Crippen molar-refractivity contribution >= 4 is 33.5 Å². The van der Waals surface area contributed by atoms with Crippen molar-refractivity contribution < 1.29 is 41.9 Å². The van der Waals surface area contributed by atoms with Crippen molar-refractivity contribution in [3.8, 4) is 5.75 Å². The van der Waals surface area contributed by atoms with Gasteiger partial charge >= 0.3 is 0 Å². The van der Waals surface area contributed by atoms with E-state index in [1.165, 1.54) is 29.2 Å². The minimum atomic E-state index is -3.87. The molecule has 0 aromatic heterocycles. The van der Waals surface area contributed by atoms with Crippen molar-refractivity contribution in [1.29, 1.82) is 0 Å². The zero-order chi connectivity index (χ0) is 31.3. The summed E-state index contributed by atoms with van der Waals surface area (Å²) < 4.78 is 46.5. The van der Waals surface area contributed by atoms with Crippen molar-refractivity contribution in [2.24, 2.45) is 16.5 Å². The molecule has 4 aliphatic rings. The molecule has 2 unspecified atom stereocenters. The van der Waals surface area contributed by atoms with E-state index >= 15 is 0 Å². The highest BCUT2D eigenvalue weighted by molar-refractivity contribution is 7.91. The number of hydrogen-bond acceptors (Lipinski definition) is 9. The summed E-state index contributed by atoms with van der Waals surface area (Å²) in [5, 5.41) is 17.1. The van der Waals surface area contributed by atoms with Crippen LogP contribution in [0.1, 0.15) is 58.4 Å². The summed E-state index contributed by atoms with van der Waals surface area (Å²) in [6.45, 7) is 8.96. The molecule has 0 bridgehead atoms. The number of fused-ring (bicyclic) bond motifs is 1. The maximum absolute atomic E-state index is 13.9. The molecule has 0 spiro atoms. The Morgan fingerprint density at radius 2 is 2.02 bits per heavy atom. The third kappa shape index (κ3) is 6.26. The SMILES string of the molecule is C=C[C@@H]1C[C@@]1(NC(=O)C1CC(O/N=C2\CCOc3ccc(F)cc32)CN1C(=O)[C@@H](O)C(C)(C)C)C(=O)NS(=O)(=O)C1CC1. The van der Waals surface area contributed by atoms with Crippen LogP contribution in [-0.4, -0.2) is 84.0 Å². The number of aliphatic hydroxyl groups is 1. The van der Waals surface area contributed by atoms with Crippen molar-refractivity contribution in [2.75, 3.05) is 13.2 Å². The molecule has 1 saturated heterocycles. The van der Waals surface area contributed by atoms with E-state index in [-0.39, 0.29) is 19.4 Å². The van der Waals surface area contributed by atoms with Crippen LogP contribution < -0.4 is 14.8 Å². The Labute approximate surface area is 249 Å². The van der Waals surface area contributed by atoms with Crippen LogP contribution in [0.3, 0.4) is 0 Å². The van der Waals surface area contributed by atoms with E-state index in [1.807, 2.05) is 0 Å². The Balaban J connectivity index is 1.36. The Hall–Kier alpha value is -3.52. The van der Waals surface area contributed by atoms with Crippen LogP contribution in [0.2, 0.25) is 0 Å². The lowest BCUT2D eigenvalue weighted by molar-refractivity contribution is -0.150. The molecule has 2 heterocycles. The topological polar surface area (TPSA) is 164 Å². The lowest BCUT2D eigenvalue weighted by Gasteiger charge is -2.32. The molecule has 1 aromatic carbocycles. The van der Waals surface area contributed by atoms with Crippen molar-refractivity contribution in [2.45, 2.75) is 81.9 Å². The summed E-state index contributed by atoms with van der Waals surface area (Å²) in [6.07, 6.45) is 0.654. The predicted octanol–water partition coefficient (Wildman–Crippen LogP) is 1.37. The van der Waals surface area contributed by atoms with Crippen LogP contribution in [-0.2, 0) is 29.2 Å². The van der Waals surface area contributed by atoms with Gasteiger partial charge in [-0.2, -0.15) is 0 Å². The van der Waals surface area contributed by atoms with Gasteiger partial charge in [0.15, 0.2) is 0 Å². The Morgan fingerprint density at radius 1 is 1.30 bits per heavy atom. The summed E-state index contributed by atoms with van der Waals surface area (Å²) in [7, 11) is -3.87. The average molecular weight is 621 g/mol. The molecule has 2 saturated carbocycles. The van der Waals surface area contributed by atoms with Crippen LogP contribution in [0.4, 0.5) is 4.39 Å². The first-order chi connectivity index (χ1) is 20.2. The van der Waals surface area contributed by atoms with Gasteiger partial charge in [-0.15, -0.1) is 6.58 Å². The number of amides is 3. The van der Waals surface area contributed by atoms with Crippen molar-refractivity contribution in [3.05, 3.63) is 42.2 Å². The fraction of sp³-hybridized carbons (Fsp3) is 0.586. The maximum atomic E-state index is 13.9. The van der Waals surface area contributed by atoms with E-state index in [0.29, 0.717) is 42.9 Å². The number of carbonyl (C=O) groups excluding carboxylic acids is 3. The fourth-order valence-electron chi connectivity index (χ4n) is 5.39. The summed E-state index contributed by atoms with van der Waals surface area (Å²) in [5.41, 5.74) is -1.49. The first-order valence-electron chi connectivity index (χ1n) is 14.3. The van der Waals surface area contributed by atoms with E-state index in [9.17, 15) is 32.3 Å². The lowest BCUT2D eigenvalue weighted by atomic mass is 9.88. The quantitative estimate of drug-likeness (QED) is 0.275. The zero-order valence-electron chi connectivity index (χ0n) is 24.3. The van der Waals surface area contributed by atoms with Crippen molar-refractivity contribution in [3.63, 3.8) is 0 Å². The first-order valence-corrected chi connectivity index (χ1v) is 15.9. The van der Waals surface area contributed by atoms with Gasteiger partial charge in [0.05, 0.1) is 24.1 Å². The number of oxime groups is 1. The Bertz CT molecular complexity index is 1470. The molecule has 234 valence electrons. The molecule has 3 fully saturated rings. The van der Waals surface area contributed by atoms with Crippen LogP contribution >= 0.6 is 0 Å². The largest absolute Gasteiger partial charge is 0.492 e. The summed E-state index contributed by atoms with van der Waals surface area (Å²) in [4.78, 5) is 47.3. The van der Waals surface area contributed by atoms with E-state index in [1.54, 1.807) is 20.8 Å². The number of rotatable bonds is 9. The molecule has 5 rings (SSSR count). The second-order valence-corrected chi connectivity index (χ2v) is 14.7. The molecular weight excluding hydrogens is 583 g/mol. The zero-order valence-corrected chi connectivity index (χ0v) is 25.2. The van der Waals surface area contributed by atoms with Gasteiger partial charge in [-0.3, -0.25) is 19.1 Å². The Morgan fingerprint density at radius 3 is 2.65 bits per heavy atom. The molecule has 14 heteroatoms. The number of halogens is 1. The molecule has 43 heavy (non-hydrogen) atoms. The highest BCUT2D eigenvalue weighted by Gasteiger charge is 2.62. The van der Waals surface area contributed by atoms with Gasteiger partial charge in [0.25, 0.3) is 11.8 Å². The van der Waals surface area contributed by atoms with Gasteiger partial charge in [-0.1, -0.05) is 32.0 Å². The van der Waals surface area contributed by atoms with E-state index in [2.05, 4.69) is 21.8 Å². The van der Waals surface area contributed by atoms with Crippen LogP contribution in [0, 0.1) is 17.2 Å². The molecule has 0 radical (unpaired) electrons. The molecule has 12 nitrogen and oxygen atoms in total. The Kier molecular flexibility index (Phi) is 8.05. The normalized spacial score (nSPS) is 28.3. The molecule has 3 N–H and O–H groups in total. The van der Waals surface area contributed by atoms with E-state index < -0.39 is 73.9 Å². The number of hydrogen-bond donors (Lipinski definition) is 3. The van der Waals surface area contributed by atoms with Gasteiger partial charge in [-0.25, -0.2) is 12.8 Å². The average Bonchev–Trinajstić information content (AvgIpc) is 3.87. The minimum Gasteiger partial charge on any atom is -0.492 e. The molecule has 3 amide bonds. The highest BCUT2D eigenvalue weighted by atomic mass is 32.2. The van der Waals surface area contributed by atoms with Gasteiger partial charge < -0.3 is 24.9 Å². The fourth-order valence-corrected chi connectivity index (χ4v) is 6.76. The molecule has 2 aliphatic carbocycles. The molecule has 5 atom stereocenters. The minimum absolute atomic E-state index is 0.0193. The number of benzene rings is 1. The van der Waals surface area contributed by atoms with Crippen molar-refractivity contribution in [1.82, 2.24) is 14.9 Å². The second-order valence-electron chi connectivity index (χ2n) is 12.7. The van der Waals surface area contributed by atoms with Gasteiger partial charge in [-0.05, 0) is 42.9 Å². The third-order valence-electron chi connectivity index (χ3n) is 8.31. The lowest BCUT2D eigenvalue weighted by Crippen LogP contribution is -2.57. The maximum Gasteiger partial charge on any atom is 0.259 e. The van der Waals surface area contributed by atoms with Gasteiger partial charge in [0.2, 0.25) is 15.9 Å². The number of aliphatic hydroxyl groups excluding tert-OH is 1. The highest BCUT2D eigenvalue weighted by Crippen LogP contribution is 2.45. The number of likely N-dealkylation sites (tertiary alicyclic amines) is 1. The van der Waals surface area contributed by atoms with Gasteiger partial charge in [0.1, 0.15) is 35.4 Å². The first kappa shape index (κ1) is 30.9. The predicted molar refractivity (Wildman–Crippen MR) is 153 cm³/mol. The van der Waals surface area contributed by atoms with Crippen LogP contribution in [0.25, 0.3) is 0 Å². The number of nitrogens with one attached hydrogen (secondary N) is 2. The summed E-state index contributed by atoms with van der Waals surface area (Å²) >= 11 is 0. The van der Waals surface area contributed by atoms with E-state index in [4.69, 9.17) is 9.57 Å². The van der Waals surface area contributed by atoms with Crippen LogP contribution in [0.5, 0.6) is 5.75 Å². The monoisotopic (exact) mass is 620 g/mol. The van der Waals surface area contributed by atoms with Crippen LogP contribution in [0.15, 0.2) is 36.0 Å². The molecule has 2 aliphatic heterocycles. The summed E-state index contributed by atoms with van der Waals surface area (Å²) in [5.74, 6) is -2.77. The summed E-state index contributed by atoms with van der Waals surface area (Å²) in [6, 6.07) is 2.92. The molecular formula is C29H37FN4O8S. The number of carbonyl (C=O) groups is 3. The van der Waals surface area contributed by atoms with E-state index in [0.717, 1.165) is 0 Å². The molecule has 1 aromatic rings.